The summed E-state index contributed by atoms with van der Waals surface area (Å²) in [6, 6.07) is 6.51. The van der Waals surface area contributed by atoms with Crippen molar-refractivity contribution in [2.24, 2.45) is 0 Å². The molecule has 0 N–H and O–H groups in total. The molecule has 0 fully saturated rings. The average molecular weight is 300 g/mol. The van der Waals surface area contributed by atoms with E-state index in [-0.39, 0.29) is 24.4 Å². The van der Waals surface area contributed by atoms with Gasteiger partial charge in [-0.25, -0.2) is 0 Å². The van der Waals surface area contributed by atoms with Crippen LogP contribution in [0, 0.1) is 0 Å². The van der Waals surface area contributed by atoms with Crippen molar-refractivity contribution in [3.8, 4) is 11.5 Å². The molecule has 114 valence electrons. The van der Waals surface area contributed by atoms with E-state index in [1.54, 1.807) is 24.3 Å². The first kappa shape index (κ1) is 15.6. The molecular weight excluding hydrogens is 284 g/mol. The number of nitrogens with zero attached hydrogens (tertiary/aromatic N) is 2. The zero-order valence-corrected chi connectivity index (χ0v) is 12.4. The monoisotopic (exact) mass is 300 g/mol. The lowest BCUT2D eigenvalue weighted by Gasteiger charge is -2.09. The van der Waals surface area contributed by atoms with Crippen LogP contribution >= 0.6 is 0 Å². The third-order valence-electron chi connectivity index (χ3n) is 3.19. The van der Waals surface area contributed by atoms with Crippen molar-refractivity contribution in [2.75, 3.05) is 14.2 Å². The largest absolute Gasteiger partial charge is 0.493 e. The van der Waals surface area contributed by atoms with Crippen molar-refractivity contribution in [3.63, 3.8) is 0 Å². The third kappa shape index (κ3) is 3.66. The molecule has 0 unspecified atom stereocenters. The summed E-state index contributed by atoms with van der Waals surface area (Å²) in [7, 11) is 3.03. The zero-order chi connectivity index (χ0) is 15.9. The van der Waals surface area contributed by atoms with Gasteiger partial charge in [0.25, 0.3) is 0 Å². The standard InChI is InChI=1S/C16H16N2O4/c1-21-15-6-3-11(9-16(15)22-2)13(19)4-5-14(20)12-7-8-17-18-10-12/h3,6-10H,4-5H2,1-2H3. The van der Waals surface area contributed by atoms with E-state index in [4.69, 9.17) is 9.47 Å². The highest BCUT2D eigenvalue weighted by molar-refractivity contribution is 6.02. The van der Waals surface area contributed by atoms with Gasteiger partial charge in [-0.1, -0.05) is 0 Å². The van der Waals surface area contributed by atoms with Crippen LogP contribution in [0.25, 0.3) is 0 Å². The van der Waals surface area contributed by atoms with Crippen LogP contribution in [0.15, 0.2) is 36.7 Å². The number of methoxy groups -OCH3 is 2. The van der Waals surface area contributed by atoms with Crippen LogP contribution in [0.2, 0.25) is 0 Å². The minimum Gasteiger partial charge on any atom is -0.493 e. The number of rotatable bonds is 7. The fourth-order valence-electron chi connectivity index (χ4n) is 1.98. The van der Waals surface area contributed by atoms with Gasteiger partial charge in [0.2, 0.25) is 0 Å². The number of ether oxygens (including phenoxy) is 2. The Kier molecular flexibility index (Phi) is 5.19. The minimum absolute atomic E-state index is 0.122. The van der Waals surface area contributed by atoms with Crippen LogP contribution in [-0.2, 0) is 0 Å². The normalized spacial score (nSPS) is 10.1. The summed E-state index contributed by atoms with van der Waals surface area (Å²) in [4.78, 5) is 24.1. The lowest BCUT2D eigenvalue weighted by atomic mass is 10.0. The van der Waals surface area contributed by atoms with Crippen molar-refractivity contribution in [1.29, 1.82) is 0 Å². The van der Waals surface area contributed by atoms with E-state index in [9.17, 15) is 9.59 Å². The molecule has 1 heterocycles. The molecule has 0 aliphatic rings. The average Bonchev–Trinajstić information content (AvgIpc) is 2.59. The Morgan fingerprint density at radius 2 is 1.59 bits per heavy atom. The second-order valence-electron chi connectivity index (χ2n) is 4.55. The van der Waals surface area contributed by atoms with Crippen LogP contribution in [0.4, 0.5) is 0 Å². The highest BCUT2D eigenvalue weighted by Gasteiger charge is 2.13. The van der Waals surface area contributed by atoms with Gasteiger partial charge in [-0.05, 0) is 24.3 Å². The van der Waals surface area contributed by atoms with Gasteiger partial charge in [-0.2, -0.15) is 10.2 Å². The van der Waals surface area contributed by atoms with Gasteiger partial charge in [-0.15, -0.1) is 0 Å². The Labute approximate surface area is 128 Å². The van der Waals surface area contributed by atoms with Crippen LogP contribution in [0.5, 0.6) is 11.5 Å². The smallest absolute Gasteiger partial charge is 0.164 e. The number of carbonyl (C=O) groups excluding carboxylic acids is 2. The van der Waals surface area contributed by atoms with E-state index in [0.717, 1.165) is 0 Å². The third-order valence-corrected chi connectivity index (χ3v) is 3.19. The lowest BCUT2D eigenvalue weighted by molar-refractivity contribution is 0.0917. The maximum absolute atomic E-state index is 12.2. The quantitative estimate of drug-likeness (QED) is 0.730. The second kappa shape index (κ2) is 7.31. The van der Waals surface area contributed by atoms with Gasteiger partial charge in [-0.3, -0.25) is 9.59 Å². The fraction of sp³-hybridized carbons (Fsp3) is 0.250. The summed E-state index contributed by atoms with van der Waals surface area (Å²) >= 11 is 0. The molecule has 0 atom stereocenters. The highest BCUT2D eigenvalue weighted by Crippen LogP contribution is 2.28. The van der Waals surface area contributed by atoms with Crippen LogP contribution < -0.4 is 9.47 Å². The Morgan fingerprint density at radius 3 is 2.18 bits per heavy atom. The number of aromatic nitrogens is 2. The Hall–Kier alpha value is -2.76. The molecule has 0 saturated carbocycles. The Balaban J connectivity index is 2.02. The molecule has 1 aromatic heterocycles. The van der Waals surface area contributed by atoms with E-state index in [1.807, 2.05) is 0 Å². The molecule has 1 aromatic carbocycles. The maximum Gasteiger partial charge on any atom is 0.164 e. The fourth-order valence-corrected chi connectivity index (χ4v) is 1.98. The van der Waals surface area contributed by atoms with Gasteiger partial charge in [0.1, 0.15) is 0 Å². The van der Waals surface area contributed by atoms with Crippen molar-refractivity contribution in [2.45, 2.75) is 12.8 Å². The van der Waals surface area contributed by atoms with E-state index < -0.39 is 0 Å². The maximum atomic E-state index is 12.2. The van der Waals surface area contributed by atoms with Crippen molar-refractivity contribution in [1.82, 2.24) is 10.2 Å². The summed E-state index contributed by atoms with van der Waals surface area (Å²) in [6.45, 7) is 0. The summed E-state index contributed by atoms with van der Waals surface area (Å²) in [6.07, 6.45) is 3.09. The van der Waals surface area contributed by atoms with Gasteiger partial charge in [0.15, 0.2) is 23.1 Å². The molecule has 2 aromatic rings. The van der Waals surface area contributed by atoms with Crippen molar-refractivity contribution in [3.05, 3.63) is 47.8 Å². The lowest BCUT2D eigenvalue weighted by Crippen LogP contribution is -2.06. The van der Waals surface area contributed by atoms with Gasteiger partial charge < -0.3 is 9.47 Å². The first-order valence-electron chi connectivity index (χ1n) is 6.71. The number of Topliss-reactive ketones (excluding diaryl/α,β-unsaturated/α-hetero) is 2. The van der Waals surface area contributed by atoms with E-state index in [0.29, 0.717) is 22.6 Å². The van der Waals surface area contributed by atoms with Crippen LogP contribution in [0.1, 0.15) is 33.6 Å². The second-order valence-corrected chi connectivity index (χ2v) is 4.55. The number of carbonyl (C=O) groups is 2. The molecule has 6 nitrogen and oxygen atoms in total. The number of ketones is 2. The molecule has 22 heavy (non-hydrogen) atoms. The SMILES string of the molecule is COc1ccc(C(=O)CCC(=O)c2ccnnc2)cc1OC. The first-order chi connectivity index (χ1) is 10.7. The van der Waals surface area contributed by atoms with Crippen molar-refractivity contribution >= 4 is 11.6 Å². The predicted molar refractivity (Wildman–Crippen MR) is 79.5 cm³/mol. The summed E-state index contributed by atoms with van der Waals surface area (Å²) in [5.41, 5.74) is 0.938. The molecule has 0 saturated heterocycles. The molecule has 0 bridgehead atoms. The molecule has 0 spiro atoms. The Bertz CT molecular complexity index is 671. The molecule has 2 rings (SSSR count). The number of hydrogen-bond donors (Lipinski definition) is 0. The summed E-state index contributed by atoms with van der Waals surface area (Å²) in [5.74, 6) is 0.774. The minimum atomic E-state index is -0.135. The van der Waals surface area contributed by atoms with E-state index in [2.05, 4.69) is 10.2 Å². The van der Waals surface area contributed by atoms with E-state index in [1.165, 1.54) is 26.6 Å². The molecular formula is C16H16N2O4. The Morgan fingerprint density at radius 1 is 0.909 bits per heavy atom. The zero-order valence-electron chi connectivity index (χ0n) is 12.4. The highest BCUT2D eigenvalue weighted by atomic mass is 16.5. The predicted octanol–water partition coefficient (Wildman–Crippen LogP) is 2.34. The molecule has 0 radical (unpaired) electrons. The van der Waals surface area contributed by atoms with Crippen molar-refractivity contribution < 1.29 is 19.1 Å². The molecule has 0 amide bonds. The van der Waals surface area contributed by atoms with Gasteiger partial charge in [0.05, 0.1) is 26.6 Å². The van der Waals surface area contributed by atoms with Crippen LogP contribution in [-0.4, -0.2) is 36.0 Å². The summed E-state index contributed by atoms with van der Waals surface area (Å²) < 4.78 is 10.3. The number of hydrogen-bond acceptors (Lipinski definition) is 6. The van der Waals surface area contributed by atoms with Crippen LogP contribution in [0.3, 0.4) is 0 Å². The first-order valence-corrected chi connectivity index (χ1v) is 6.71. The summed E-state index contributed by atoms with van der Waals surface area (Å²) in [5, 5.41) is 7.26. The van der Waals surface area contributed by atoms with Gasteiger partial charge in [0, 0.05) is 24.0 Å². The van der Waals surface area contributed by atoms with Gasteiger partial charge >= 0.3 is 0 Å². The van der Waals surface area contributed by atoms with E-state index >= 15 is 0 Å². The topological polar surface area (TPSA) is 78.4 Å². The molecule has 0 aliphatic heterocycles. The molecule has 6 heteroatoms. The number of benzene rings is 1. The molecule has 0 aliphatic carbocycles.